The average Bonchev–Trinajstić information content (AvgIpc) is 2.03. The Kier molecular flexibility index (Phi) is 2.61. The maximum absolute atomic E-state index is 12.2. The molecule has 0 unspecified atom stereocenters. The molecule has 0 fully saturated rings. The van der Waals surface area contributed by atoms with Crippen molar-refractivity contribution in [3.63, 3.8) is 0 Å². The summed E-state index contributed by atoms with van der Waals surface area (Å²) >= 11 is 5.29. The molecule has 0 aliphatic rings. The van der Waals surface area contributed by atoms with Gasteiger partial charge in [-0.15, -0.1) is 0 Å². The predicted molar refractivity (Wildman–Crippen MR) is 41.2 cm³/mol. The van der Waals surface area contributed by atoms with E-state index in [-0.39, 0.29) is 5.56 Å². The maximum atomic E-state index is 12.2. The Morgan fingerprint density at radius 1 is 1.31 bits per heavy atom. The van der Waals surface area contributed by atoms with E-state index < -0.39 is 16.8 Å². The van der Waals surface area contributed by atoms with E-state index in [2.05, 4.69) is 0 Å². The van der Waals surface area contributed by atoms with E-state index in [1.807, 2.05) is 0 Å². The number of hydrogen-bond donors (Lipinski definition) is 0. The molecule has 1 rings (SSSR count). The van der Waals surface area contributed by atoms with Crippen LogP contribution >= 0.6 is 11.6 Å². The van der Waals surface area contributed by atoms with Gasteiger partial charge in [0.05, 0.1) is 10.6 Å². The van der Waals surface area contributed by atoms with E-state index >= 15 is 0 Å². The molecule has 1 radical (unpaired) electrons. The number of hydrogen-bond acceptors (Lipinski definition) is 1. The van der Waals surface area contributed by atoms with Crippen molar-refractivity contribution in [1.29, 1.82) is 0 Å². The van der Waals surface area contributed by atoms with Gasteiger partial charge in [0.15, 0.2) is 0 Å². The Morgan fingerprint density at radius 2 is 1.92 bits per heavy atom. The molecule has 0 spiro atoms. The van der Waals surface area contributed by atoms with Crippen LogP contribution in [0.4, 0.5) is 13.2 Å². The molecule has 0 aromatic heterocycles. The van der Waals surface area contributed by atoms with E-state index in [4.69, 9.17) is 11.6 Å². The minimum absolute atomic E-state index is 0.170. The normalized spacial score (nSPS) is 11.4. The van der Waals surface area contributed by atoms with Crippen LogP contribution in [-0.2, 0) is 11.0 Å². The summed E-state index contributed by atoms with van der Waals surface area (Å²) in [5, 5.41) is -0.425. The third kappa shape index (κ3) is 2.21. The van der Waals surface area contributed by atoms with Gasteiger partial charge in [-0.3, -0.25) is 4.79 Å². The van der Waals surface area contributed by atoms with Gasteiger partial charge in [0, 0.05) is 5.56 Å². The van der Waals surface area contributed by atoms with Crippen molar-refractivity contribution in [3.05, 3.63) is 34.3 Å². The van der Waals surface area contributed by atoms with Crippen LogP contribution in [-0.4, -0.2) is 6.29 Å². The molecule has 69 valence electrons. The fourth-order valence-electron chi connectivity index (χ4n) is 0.806. The van der Waals surface area contributed by atoms with Crippen LogP contribution in [0.2, 0.25) is 5.02 Å². The molecule has 0 atom stereocenters. The van der Waals surface area contributed by atoms with Crippen LogP contribution < -0.4 is 0 Å². The van der Waals surface area contributed by atoms with Gasteiger partial charge in [-0.2, -0.15) is 13.2 Å². The van der Waals surface area contributed by atoms with E-state index in [1.54, 1.807) is 0 Å². The maximum Gasteiger partial charge on any atom is 0.417 e. The summed E-state index contributed by atoms with van der Waals surface area (Å²) in [4.78, 5) is 10.1. The van der Waals surface area contributed by atoms with Crippen molar-refractivity contribution in [3.8, 4) is 0 Å². The van der Waals surface area contributed by atoms with E-state index in [1.165, 1.54) is 12.4 Å². The number of rotatable bonds is 1. The monoisotopic (exact) mass is 207 g/mol. The van der Waals surface area contributed by atoms with Crippen LogP contribution in [0.15, 0.2) is 18.2 Å². The van der Waals surface area contributed by atoms with Gasteiger partial charge in [-0.1, -0.05) is 11.6 Å². The SMILES string of the molecule is O=[C]c1ccc(Cl)c(C(F)(F)F)c1. The van der Waals surface area contributed by atoms with Gasteiger partial charge in [-0.05, 0) is 18.2 Å². The van der Waals surface area contributed by atoms with Crippen LogP contribution in [0.3, 0.4) is 0 Å². The van der Waals surface area contributed by atoms with Gasteiger partial charge in [0.2, 0.25) is 6.29 Å². The molecular formula is C8H3ClF3O. The number of alkyl halides is 3. The molecule has 0 amide bonds. The van der Waals surface area contributed by atoms with Crippen LogP contribution in [0.25, 0.3) is 0 Å². The molecule has 0 saturated carbocycles. The molecular weight excluding hydrogens is 205 g/mol. The van der Waals surface area contributed by atoms with Crippen molar-refractivity contribution in [2.75, 3.05) is 0 Å². The van der Waals surface area contributed by atoms with E-state index in [0.29, 0.717) is 6.07 Å². The molecule has 0 heterocycles. The standard InChI is InChI=1S/C8H3ClF3O/c9-7-2-1-5(4-13)3-6(7)8(10,11)12/h1-3H. The summed E-state index contributed by atoms with van der Waals surface area (Å²) in [5.41, 5.74) is -1.19. The first-order chi connectivity index (χ1) is 5.95. The first-order valence-corrected chi connectivity index (χ1v) is 3.58. The van der Waals surface area contributed by atoms with Crippen LogP contribution in [0.1, 0.15) is 11.1 Å². The number of halogens is 4. The summed E-state index contributed by atoms with van der Waals surface area (Å²) in [6, 6.07) is 2.85. The molecule has 0 saturated heterocycles. The highest BCUT2D eigenvalue weighted by molar-refractivity contribution is 6.31. The fraction of sp³-hybridized carbons (Fsp3) is 0.125. The molecule has 0 bridgehead atoms. The third-order valence-corrected chi connectivity index (χ3v) is 1.72. The predicted octanol–water partition coefficient (Wildman–Crippen LogP) is 2.82. The molecule has 5 heteroatoms. The summed E-state index contributed by atoms with van der Waals surface area (Å²) in [6.07, 6.45) is -3.18. The van der Waals surface area contributed by atoms with Crippen molar-refractivity contribution in [2.45, 2.75) is 6.18 Å². The van der Waals surface area contributed by atoms with Crippen molar-refractivity contribution in [2.24, 2.45) is 0 Å². The van der Waals surface area contributed by atoms with Crippen LogP contribution in [0, 0.1) is 0 Å². The number of carbonyl (C=O) groups excluding carboxylic acids is 1. The summed E-state index contributed by atoms with van der Waals surface area (Å²) in [5.74, 6) is 0. The number of benzene rings is 1. The zero-order valence-electron chi connectivity index (χ0n) is 6.15. The van der Waals surface area contributed by atoms with E-state index in [0.717, 1.165) is 6.07 Å². The van der Waals surface area contributed by atoms with Crippen molar-refractivity contribution in [1.82, 2.24) is 0 Å². The Bertz CT molecular complexity index is 333. The minimum atomic E-state index is -4.54. The molecule has 0 aliphatic heterocycles. The van der Waals surface area contributed by atoms with Crippen molar-refractivity contribution >= 4 is 17.9 Å². The molecule has 0 N–H and O–H groups in total. The third-order valence-electron chi connectivity index (χ3n) is 1.39. The molecule has 13 heavy (non-hydrogen) atoms. The Hall–Kier alpha value is -1.03. The lowest BCUT2D eigenvalue weighted by Crippen LogP contribution is -2.06. The van der Waals surface area contributed by atoms with Gasteiger partial charge < -0.3 is 0 Å². The highest BCUT2D eigenvalue weighted by atomic mass is 35.5. The van der Waals surface area contributed by atoms with Gasteiger partial charge in [-0.25, -0.2) is 0 Å². The molecule has 1 aromatic carbocycles. The first-order valence-electron chi connectivity index (χ1n) is 3.20. The lowest BCUT2D eigenvalue weighted by atomic mass is 10.1. The quantitative estimate of drug-likeness (QED) is 0.692. The van der Waals surface area contributed by atoms with Crippen LogP contribution in [0.5, 0.6) is 0 Å². The van der Waals surface area contributed by atoms with E-state index in [9.17, 15) is 18.0 Å². The summed E-state index contributed by atoms with van der Waals surface area (Å²) < 4.78 is 36.5. The highest BCUT2D eigenvalue weighted by Gasteiger charge is 2.33. The second-order valence-corrected chi connectivity index (χ2v) is 2.70. The molecule has 1 nitrogen and oxygen atoms in total. The second-order valence-electron chi connectivity index (χ2n) is 2.29. The van der Waals surface area contributed by atoms with Gasteiger partial charge >= 0.3 is 6.18 Å². The lowest BCUT2D eigenvalue weighted by molar-refractivity contribution is -0.137. The topological polar surface area (TPSA) is 17.1 Å². The van der Waals surface area contributed by atoms with Crippen molar-refractivity contribution < 1.29 is 18.0 Å². The minimum Gasteiger partial charge on any atom is -0.285 e. The Balaban J connectivity index is 3.27. The molecule has 1 aromatic rings. The average molecular weight is 208 g/mol. The lowest BCUT2D eigenvalue weighted by Gasteiger charge is -2.08. The Labute approximate surface area is 77.1 Å². The fourth-order valence-corrected chi connectivity index (χ4v) is 1.03. The molecule has 0 aliphatic carbocycles. The highest BCUT2D eigenvalue weighted by Crippen LogP contribution is 2.34. The smallest absolute Gasteiger partial charge is 0.285 e. The second kappa shape index (κ2) is 3.38. The zero-order valence-corrected chi connectivity index (χ0v) is 6.91. The zero-order chi connectivity index (χ0) is 10.1. The summed E-state index contributed by atoms with van der Waals surface area (Å²) in [7, 11) is 0. The summed E-state index contributed by atoms with van der Waals surface area (Å²) in [6.45, 7) is 0. The largest absolute Gasteiger partial charge is 0.417 e. The first kappa shape index (κ1) is 10.1. The van der Waals surface area contributed by atoms with Gasteiger partial charge in [0.25, 0.3) is 0 Å². The van der Waals surface area contributed by atoms with Gasteiger partial charge in [0.1, 0.15) is 0 Å². The Morgan fingerprint density at radius 3 is 2.38 bits per heavy atom.